The van der Waals surface area contributed by atoms with Gasteiger partial charge in [0.25, 0.3) is 0 Å². The number of rotatable bonds is 7. The Hall–Kier alpha value is -2.10. The lowest BCUT2D eigenvalue weighted by molar-refractivity contribution is -0.133. The van der Waals surface area contributed by atoms with Crippen LogP contribution in [0.5, 0.6) is 0 Å². The van der Waals surface area contributed by atoms with Crippen molar-refractivity contribution in [1.29, 1.82) is 0 Å². The maximum Gasteiger partial charge on any atom is 0.331 e. The third kappa shape index (κ3) is 11.8. The summed E-state index contributed by atoms with van der Waals surface area (Å²) in [5.74, 6) is -1.87. The van der Waals surface area contributed by atoms with E-state index in [1.165, 1.54) is 6.08 Å². The van der Waals surface area contributed by atoms with Crippen molar-refractivity contribution in [3.05, 3.63) is 49.6 Å². The van der Waals surface area contributed by atoms with E-state index in [1.54, 1.807) is 6.08 Å². The summed E-state index contributed by atoms with van der Waals surface area (Å²) < 4.78 is 0. The molecule has 4 nitrogen and oxygen atoms in total. The highest BCUT2D eigenvalue weighted by atomic mass is 16.4. The molecule has 2 N–H and O–H groups in total. The summed E-state index contributed by atoms with van der Waals surface area (Å²) >= 11 is 0. The van der Waals surface area contributed by atoms with Crippen LogP contribution < -0.4 is 0 Å². The molecular weight excluding hydrogens is 220 g/mol. The van der Waals surface area contributed by atoms with Gasteiger partial charge in [-0.2, -0.15) is 0 Å². The standard InChI is InChI=1S/C7H10O2.C6H8O2/c1-3-4-5-6(2)7(8)9;1-3-4-5(2)6(7)8/h3H,1-2,4-5H2,(H,8,9);3H,1-2,4H2,(H,7,8). The molecule has 0 aliphatic heterocycles. The minimum atomic E-state index is -0.954. The van der Waals surface area contributed by atoms with Crippen LogP contribution in [0.4, 0.5) is 0 Å². The summed E-state index contributed by atoms with van der Waals surface area (Å²) in [4.78, 5) is 20.0. The van der Waals surface area contributed by atoms with E-state index in [-0.39, 0.29) is 11.1 Å². The molecule has 0 aromatic rings. The van der Waals surface area contributed by atoms with Crippen LogP contribution in [0.1, 0.15) is 19.3 Å². The van der Waals surface area contributed by atoms with Gasteiger partial charge in [-0.3, -0.25) is 0 Å². The second kappa shape index (κ2) is 10.4. The molecule has 0 aromatic heterocycles. The van der Waals surface area contributed by atoms with Crippen LogP contribution >= 0.6 is 0 Å². The van der Waals surface area contributed by atoms with E-state index in [9.17, 15) is 9.59 Å². The van der Waals surface area contributed by atoms with Gasteiger partial charge in [0.1, 0.15) is 0 Å². The zero-order valence-electron chi connectivity index (χ0n) is 9.82. The molecule has 0 rings (SSSR count). The Morgan fingerprint density at radius 1 is 0.941 bits per heavy atom. The van der Waals surface area contributed by atoms with E-state index >= 15 is 0 Å². The Bertz CT molecular complexity index is 326. The van der Waals surface area contributed by atoms with Gasteiger partial charge in [0, 0.05) is 11.1 Å². The minimum Gasteiger partial charge on any atom is -0.478 e. The number of hydrogen-bond donors (Lipinski definition) is 2. The van der Waals surface area contributed by atoms with Crippen LogP contribution in [-0.2, 0) is 9.59 Å². The molecule has 0 saturated heterocycles. The third-order valence-electron chi connectivity index (χ3n) is 1.65. The third-order valence-corrected chi connectivity index (χ3v) is 1.65. The maximum absolute atomic E-state index is 10.1. The molecule has 0 radical (unpaired) electrons. The van der Waals surface area contributed by atoms with Crippen molar-refractivity contribution in [2.45, 2.75) is 19.3 Å². The monoisotopic (exact) mass is 238 g/mol. The van der Waals surface area contributed by atoms with Crippen LogP contribution in [0, 0.1) is 0 Å². The Labute approximate surface area is 101 Å². The average molecular weight is 238 g/mol. The molecular formula is C13H18O4. The number of carboxylic acids is 2. The molecule has 0 bridgehead atoms. The van der Waals surface area contributed by atoms with Crippen LogP contribution in [0.15, 0.2) is 49.6 Å². The molecule has 0 heterocycles. The van der Waals surface area contributed by atoms with Crippen LogP contribution in [0.25, 0.3) is 0 Å². The molecule has 0 aliphatic carbocycles. The number of carboxylic acid groups (broad SMARTS) is 2. The summed E-state index contributed by atoms with van der Waals surface area (Å²) in [6.07, 6.45) is 4.73. The Balaban J connectivity index is 0. The van der Waals surface area contributed by atoms with Crippen molar-refractivity contribution in [3.63, 3.8) is 0 Å². The van der Waals surface area contributed by atoms with Gasteiger partial charge in [0.15, 0.2) is 0 Å². The number of hydrogen-bond acceptors (Lipinski definition) is 2. The van der Waals surface area contributed by atoms with E-state index in [0.29, 0.717) is 19.3 Å². The molecule has 0 unspecified atom stereocenters. The summed E-state index contributed by atoms with van der Waals surface area (Å²) in [5.41, 5.74) is 0.426. The van der Waals surface area contributed by atoms with E-state index < -0.39 is 11.9 Å². The SMILES string of the molecule is C=CCC(=C)C(=O)O.C=CCCC(=C)C(=O)O. The van der Waals surface area contributed by atoms with Crippen molar-refractivity contribution < 1.29 is 19.8 Å². The van der Waals surface area contributed by atoms with E-state index in [0.717, 1.165) is 0 Å². The van der Waals surface area contributed by atoms with Gasteiger partial charge < -0.3 is 10.2 Å². The van der Waals surface area contributed by atoms with Gasteiger partial charge in [-0.05, 0) is 19.3 Å². The first-order chi connectivity index (χ1) is 7.86. The lowest BCUT2D eigenvalue weighted by Gasteiger charge is -1.93. The van der Waals surface area contributed by atoms with Gasteiger partial charge in [-0.25, -0.2) is 9.59 Å². The summed E-state index contributed by atoms with van der Waals surface area (Å²) in [7, 11) is 0. The smallest absolute Gasteiger partial charge is 0.331 e. The van der Waals surface area contributed by atoms with Crippen LogP contribution in [0.2, 0.25) is 0 Å². The van der Waals surface area contributed by atoms with Crippen molar-refractivity contribution in [3.8, 4) is 0 Å². The summed E-state index contributed by atoms with van der Waals surface area (Å²) in [5, 5.41) is 16.4. The normalized spacial score (nSPS) is 8.24. The molecule has 94 valence electrons. The van der Waals surface area contributed by atoms with Crippen LogP contribution in [-0.4, -0.2) is 22.2 Å². The van der Waals surface area contributed by atoms with Gasteiger partial charge in [-0.15, -0.1) is 13.2 Å². The van der Waals surface area contributed by atoms with E-state index in [4.69, 9.17) is 10.2 Å². The molecule has 0 aromatic carbocycles. The largest absolute Gasteiger partial charge is 0.478 e. The number of carbonyl (C=O) groups is 2. The molecule has 0 aliphatic rings. The second-order valence-electron chi connectivity index (χ2n) is 3.14. The van der Waals surface area contributed by atoms with E-state index in [1.807, 2.05) is 0 Å². The Morgan fingerprint density at radius 2 is 1.41 bits per heavy atom. The fourth-order valence-electron chi connectivity index (χ4n) is 0.645. The van der Waals surface area contributed by atoms with Gasteiger partial charge in [0.2, 0.25) is 0 Å². The molecule has 0 saturated carbocycles. The molecule has 0 amide bonds. The first-order valence-corrected chi connectivity index (χ1v) is 4.90. The lowest BCUT2D eigenvalue weighted by atomic mass is 10.2. The highest BCUT2D eigenvalue weighted by Gasteiger charge is 2.00. The number of aliphatic carboxylic acids is 2. The highest BCUT2D eigenvalue weighted by molar-refractivity contribution is 5.86. The lowest BCUT2D eigenvalue weighted by Crippen LogP contribution is -1.97. The summed E-state index contributed by atoms with van der Waals surface area (Å²) in [6, 6.07) is 0. The Kier molecular flexibility index (Phi) is 10.6. The first-order valence-electron chi connectivity index (χ1n) is 4.90. The summed E-state index contributed by atoms with van der Waals surface area (Å²) in [6.45, 7) is 13.4. The molecule has 4 heteroatoms. The predicted molar refractivity (Wildman–Crippen MR) is 67.8 cm³/mol. The fourth-order valence-corrected chi connectivity index (χ4v) is 0.645. The molecule has 0 atom stereocenters. The minimum absolute atomic E-state index is 0.181. The van der Waals surface area contributed by atoms with Crippen LogP contribution in [0.3, 0.4) is 0 Å². The van der Waals surface area contributed by atoms with E-state index in [2.05, 4.69) is 26.3 Å². The Morgan fingerprint density at radius 3 is 1.65 bits per heavy atom. The second-order valence-corrected chi connectivity index (χ2v) is 3.14. The predicted octanol–water partition coefficient (Wildman–Crippen LogP) is 2.80. The maximum atomic E-state index is 10.1. The van der Waals surface area contributed by atoms with Crippen molar-refractivity contribution in [2.24, 2.45) is 0 Å². The molecule has 17 heavy (non-hydrogen) atoms. The highest BCUT2D eigenvalue weighted by Crippen LogP contribution is 2.01. The zero-order valence-corrected chi connectivity index (χ0v) is 9.82. The molecule has 0 spiro atoms. The quantitative estimate of drug-likeness (QED) is 0.528. The number of allylic oxidation sites excluding steroid dienone is 2. The molecule has 0 fully saturated rings. The van der Waals surface area contributed by atoms with Crippen molar-refractivity contribution in [2.75, 3.05) is 0 Å². The van der Waals surface area contributed by atoms with Gasteiger partial charge in [-0.1, -0.05) is 25.3 Å². The zero-order chi connectivity index (χ0) is 13.8. The first kappa shape index (κ1) is 17.3. The van der Waals surface area contributed by atoms with Crippen molar-refractivity contribution >= 4 is 11.9 Å². The van der Waals surface area contributed by atoms with Gasteiger partial charge in [0.05, 0.1) is 0 Å². The van der Waals surface area contributed by atoms with Gasteiger partial charge >= 0.3 is 11.9 Å². The fraction of sp³-hybridized carbons (Fsp3) is 0.231. The average Bonchev–Trinajstić information content (AvgIpc) is 2.26. The topological polar surface area (TPSA) is 74.6 Å². The van der Waals surface area contributed by atoms with Crippen molar-refractivity contribution in [1.82, 2.24) is 0 Å².